The molecule has 1 N–H and O–H groups in total. The van der Waals surface area contributed by atoms with Gasteiger partial charge in [0, 0.05) is 47.2 Å². The summed E-state index contributed by atoms with van der Waals surface area (Å²) in [6, 6.07) is 3.93. The van der Waals surface area contributed by atoms with Gasteiger partial charge in [-0.05, 0) is 13.0 Å². The molecule has 0 fully saturated rings. The van der Waals surface area contributed by atoms with E-state index in [1.807, 2.05) is 19.1 Å². The van der Waals surface area contributed by atoms with E-state index in [2.05, 4.69) is 10.3 Å². The SMILES string of the molecule is CC(NCCS(C)=O)c1cccnc1Cl. The Morgan fingerprint density at radius 2 is 2.40 bits per heavy atom. The van der Waals surface area contributed by atoms with Crippen LogP contribution in [-0.2, 0) is 10.8 Å². The van der Waals surface area contributed by atoms with E-state index in [1.165, 1.54) is 0 Å². The fraction of sp³-hybridized carbons (Fsp3) is 0.500. The summed E-state index contributed by atoms with van der Waals surface area (Å²) in [5.74, 6) is 0.655. The number of hydrogen-bond acceptors (Lipinski definition) is 3. The number of halogens is 1. The Hall–Kier alpha value is -0.450. The highest BCUT2D eigenvalue weighted by Crippen LogP contribution is 2.19. The van der Waals surface area contributed by atoms with Crippen LogP contribution in [0.25, 0.3) is 0 Å². The minimum Gasteiger partial charge on any atom is -0.309 e. The van der Waals surface area contributed by atoms with Gasteiger partial charge in [-0.1, -0.05) is 17.7 Å². The van der Waals surface area contributed by atoms with E-state index in [0.717, 1.165) is 12.1 Å². The molecule has 15 heavy (non-hydrogen) atoms. The maximum Gasteiger partial charge on any atom is 0.133 e. The van der Waals surface area contributed by atoms with Crippen molar-refractivity contribution in [2.24, 2.45) is 0 Å². The van der Waals surface area contributed by atoms with Crippen molar-refractivity contribution in [2.75, 3.05) is 18.6 Å². The van der Waals surface area contributed by atoms with Crippen molar-refractivity contribution in [3.8, 4) is 0 Å². The standard InChI is InChI=1S/C10H15ClN2OS/c1-8(12-6-7-15(2)14)9-4-3-5-13-10(9)11/h3-5,8,12H,6-7H2,1-2H3. The molecule has 0 aliphatic rings. The molecule has 3 nitrogen and oxygen atoms in total. The van der Waals surface area contributed by atoms with Crippen LogP contribution >= 0.6 is 11.6 Å². The lowest BCUT2D eigenvalue weighted by Crippen LogP contribution is -2.23. The Morgan fingerprint density at radius 1 is 1.67 bits per heavy atom. The molecule has 0 radical (unpaired) electrons. The average Bonchev–Trinajstić information content (AvgIpc) is 2.17. The molecule has 2 atom stereocenters. The third kappa shape index (κ3) is 4.28. The molecule has 0 bridgehead atoms. The topological polar surface area (TPSA) is 42.0 Å². The van der Waals surface area contributed by atoms with Crippen LogP contribution in [-0.4, -0.2) is 27.7 Å². The second-order valence-electron chi connectivity index (χ2n) is 3.34. The molecule has 2 unspecified atom stereocenters. The van der Waals surface area contributed by atoms with Crippen LogP contribution in [0, 0.1) is 0 Å². The van der Waals surface area contributed by atoms with E-state index in [1.54, 1.807) is 12.5 Å². The second kappa shape index (κ2) is 6.20. The fourth-order valence-corrected chi connectivity index (χ4v) is 1.94. The van der Waals surface area contributed by atoms with Gasteiger partial charge in [0.15, 0.2) is 0 Å². The number of pyridine rings is 1. The molecule has 0 aliphatic heterocycles. The van der Waals surface area contributed by atoms with Crippen LogP contribution in [0.15, 0.2) is 18.3 Å². The van der Waals surface area contributed by atoms with Crippen molar-refractivity contribution in [3.05, 3.63) is 29.0 Å². The summed E-state index contributed by atoms with van der Waals surface area (Å²) in [4.78, 5) is 4.01. The van der Waals surface area contributed by atoms with Crippen LogP contribution in [0.2, 0.25) is 5.15 Å². The summed E-state index contributed by atoms with van der Waals surface area (Å²) in [6.07, 6.45) is 3.36. The van der Waals surface area contributed by atoms with Crippen LogP contribution in [0.3, 0.4) is 0 Å². The second-order valence-corrected chi connectivity index (χ2v) is 5.25. The highest BCUT2D eigenvalue weighted by atomic mass is 35.5. The predicted molar refractivity (Wildman–Crippen MR) is 64.6 cm³/mol. The molecule has 84 valence electrons. The highest BCUT2D eigenvalue weighted by Gasteiger charge is 2.08. The molecule has 5 heteroatoms. The molecule has 0 saturated carbocycles. The zero-order valence-electron chi connectivity index (χ0n) is 8.87. The highest BCUT2D eigenvalue weighted by molar-refractivity contribution is 7.84. The monoisotopic (exact) mass is 246 g/mol. The first-order valence-corrected chi connectivity index (χ1v) is 6.85. The number of rotatable bonds is 5. The van der Waals surface area contributed by atoms with Crippen LogP contribution in [0.4, 0.5) is 0 Å². The van der Waals surface area contributed by atoms with Crippen molar-refractivity contribution >= 4 is 22.4 Å². The summed E-state index contributed by atoms with van der Waals surface area (Å²) in [7, 11) is -0.755. The van der Waals surface area contributed by atoms with Gasteiger partial charge in [-0.2, -0.15) is 0 Å². The van der Waals surface area contributed by atoms with Gasteiger partial charge in [0.25, 0.3) is 0 Å². The Labute approximate surface area is 97.7 Å². The smallest absolute Gasteiger partial charge is 0.133 e. The maximum atomic E-state index is 10.9. The van der Waals surface area contributed by atoms with Gasteiger partial charge in [0.05, 0.1) is 0 Å². The molecule has 1 aromatic rings. The molecule has 0 aromatic carbocycles. The first-order chi connectivity index (χ1) is 7.11. The molecule has 0 amide bonds. The van der Waals surface area contributed by atoms with Gasteiger partial charge in [-0.25, -0.2) is 4.98 Å². The molecule has 0 aliphatic carbocycles. The summed E-state index contributed by atoms with van der Waals surface area (Å²) in [5, 5.41) is 3.78. The molecule has 1 aromatic heterocycles. The Morgan fingerprint density at radius 3 is 3.00 bits per heavy atom. The van der Waals surface area contributed by atoms with E-state index in [9.17, 15) is 4.21 Å². The largest absolute Gasteiger partial charge is 0.309 e. The number of nitrogens with zero attached hydrogens (tertiary/aromatic N) is 1. The molecular weight excluding hydrogens is 232 g/mol. The number of aromatic nitrogens is 1. The number of nitrogens with one attached hydrogen (secondary N) is 1. The molecule has 1 heterocycles. The Balaban J connectivity index is 2.50. The van der Waals surface area contributed by atoms with Crippen LogP contribution in [0.5, 0.6) is 0 Å². The van der Waals surface area contributed by atoms with E-state index < -0.39 is 10.8 Å². The van der Waals surface area contributed by atoms with Gasteiger partial charge < -0.3 is 5.32 Å². The van der Waals surface area contributed by atoms with E-state index in [-0.39, 0.29) is 6.04 Å². The van der Waals surface area contributed by atoms with E-state index in [4.69, 9.17) is 11.6 Å². The van der Waals surface area contributed by atoms with Crippen molar-refractivity contribution in [1.82, 2.24) is 10.3 Å². The summed E-state index contributed by atoms with van der Waals surface area (Å²) in [6.45, 7) is 2.73. The zero-order valence-corrected chi connectivity index (χ0v) is 10.4. The predicted octanol–water partition coefficient (Wildman–Crippen LogP) is 1.76. The average molecular weight is 247 g/mol. The minimum absolute atomic E-state index is 0.134. The zero-order chi connectivity index (χ0) is 11.3. The first-order valence-electron chi connectivity index (χ1n) is 4.75. The van der Waals surface area contributed by atoms with Crippen LogP contribution < -0.4 is 5.32 Å². The summed E-state index contributed by atoms with van der Waals surface area (Å²) >= 11 is 5.95. The van der Waals surface area contributed by atoms with Gasteiger partial charge in [-0.3, -0.25) is 4.21 Å². The lowest BCUT2D eigenvalue weighted by atomic mass is 10.1. The quantitative estimate of drug-likeness (QED) is 0.806. The van der Waals surface area contributed by atoms with E-state index in [0.29, 0.717) is 10.9 Å². The Kier molecular flexibility index (Phi) is 5.22. The van der Waals surface area contributed by atoms with Crippen molar-refractivity contribution in [3.63, 3.8) is 0 Å². The molecular formula is C10H15ClN2OS. The van der Waals surface area contributed by atoms with Gasteiger partial charge >= 0.3 is 0 Å². The third-order valence-electron chi connectivity index (χ3n) is 2.09. The normalized spacial score (nSPS) is 14.9. The lowest BCUT2D eigenvalue weighted by Gasteiger charge is -2.14. The molecule has 1 rings (SSSR count). The van der Waals surface area contributed by atoms with E-state index >= 15 is 0 Å². The van der Waals surface area contributed by atoms with Gasteiger partial charge in [-0.15, -0.1) is 0 Å². The minimum atomic E-state index is -0.755. The number of hydrogen-bond donors (Lipinski definition) is 1. The molecule has 0 spiro atoms. The maximum absolute atomic E-state index is 10.9. The third-order valence-corrected chi connectivity index (χ3v) is 3.19. The van der Waals surface area contributed by atoms with Crippen molar-refractivity contribution in [2.45, 2.75) is 13.0 Å². The van der Waals surface area contributed by atoms with Crippen molar-refractivity contribution < 1.29 is 4.21 Å². The first kappa shape index (κ1) is 12.6. The summed E-state index contributed by atoms with van der Waals surface area (Å²) in [5.41, 5.74) is 0.973. The van der Waals surface area contributed by atoms with Gasteiger partial charge in [0.2, 0.25) is 0 Å². The molecule has 0 saturated heterocycles. The van der Waals surface area contributed by atoms with Crippen molar-refractivity contribution in [1.29, 1.82) is 0 Å². The fourth-order valence-electron chi connectivity index (χ4n) is 1.25. The van der Waals surface area contributed by atoms with Gasteiger partial charge in [0.1, 0.15) is 5.15 Å². The lowest BCUT2D eigenvalue weighted by molar-refractivity contribution is 0.595. The Bertz CT molecular complexity index is 346. The summed E-state index contributed by atoms with van der Waals surface area (Å²) < 4.78 is 10.9. The van der Waals surface area contributed by atoms with Crippen LogP contribution in [0.1, 0.15) is 18.5 Å².